The van der Waals surface area contributed by atoms with E-state index in [9.17, 15) is 0 Å². The van der Waals surface area contributed by atoms with Crippen molar-refractivity contribution in [2.75, 3.05) is 0 Å². The maximum Gasteiger partial charge on any atom is 0.155 e. The molecule has 0 aliphatic carbocycles. The van der Waals surface area contributed by atoms with Crippen molar-refractivity contribution in [1.29, 1.82) is 0 Å². The number of H-pyrrole nitrogens is 1. The molecule has 0 amide bonds. The molecule has 0 radical (unpaired) electrons. The molecule has 0 saturated heterocycles. The van der Waals surface area contributed by atoms with Crippen molar-refractivity contribution in [1.82, 2.24) is 14.6 Å². The molecule has 21 heavy (non-hydrogen) atoms. The van der Waals surface area contributed by atoms with Gasteiger partial charge in [-0.25, -0.2) is 9.50 Å². The van der Waals surface area contributed by atoms with Gasteiger partial charge in [-0.05, 0) is 11.4 Å². The van der Waals surface area contributed by atoms with Crippen LogP contribution in [0.3, 0.4) is 0 Å². The van der Waals surface area contributed by atoms with Crippen LogP contribution in [-0.4, -0.2) is 14.6 Å². The average Bonchev–Trinajstić information content (AvgIpc) is 3.17. The Kier molecular flexibility index (Phi) is 2.94. The first kappa shape index (κ1) is 12.5. The molecule has 0 aliphatic rings. The first-order valence-corrected chi connectivity index (χ1v) is 7.82. The zero-order valence-electron chi connectivity index (χ0n) is 11.0. The topological polar surface area (TPSA) is 33.1 Å². The van der Waals surface area contributed by atoms with E-state index in [1.54, 1.807) is 11.3 Å². The van der Waals surface area contributed by atoms with Crippen LogP contribution >= 0.6 is 23.6 Å². The molecule has 102 valence electrons. The molecule has 0 spiro atoms. The molecule has 0 aliphatic heterocycles. The third-order valence-electron chi connectivity index (χ3n) is 3.31. The van der Waals surface area contributed by atoms with Crippen LogP contribution in [0.15, 0.2) is 60.0 Å². The van der Waals surface area contributed by atoms with Gasteiger partial charge in [0.15, 0.2) is 5.65 Å². The molecule has 4 aromatic rings. The minimum absolute atomic E-state index is 0.724. The SMILES string of the molecule is S=c1cc(-c2ccccc2)nc2cc(-c3cccs3)[nH]n12. The second-order valence-electron chi connectivity index (χ2n) is 4.69. The van der Waals surface area contributed by atoms with Crippen LogP contribution in [0.1, 0.15) is 0 Å². The van der Waals surface area contributed by atoms with Crippen molar-refractivity contribution in [3.05, 3.63) is 64.6 Å². The number of nitrogens with one attached hydrogen (secondary N) is 1. The van der Waals surface area contributed by atoms with Crippen LogP contribution in [-0.2, 0) is 0 Å². The molecule has 0 unspecified atom stereocenters. The van der Waals surface area contributed by atoms with Crippen LogP contribution < -0.4 is 0 Å². The highest BCUT2D eigenvalue weighted by atomic mass is 32.1. The highest BCUT2D eigenvalue weighted by Crippen LogP contribution is 2.25. The number of aromatic nitrogens is 3. The van der Waals surface area contributed by atoms with Crippen LogP contribution in [0.2, 0.25) is 0 Å². The lowest BCUT2D eigenvalue weighted by atomic mass is 10.1. The largest absolute Gasteiger partial charge is 0.290 e. The molecule has 5 heteroatoms. The van der Waals surface area contributed by atoms with Crippen molar-refractivity contribution in [3.63, 3.8) is 0 Å². The second-order valence-corrected chi connectivity index (χ2v) is 6.05. The summed E-state index contributed by atoms with van der Waals surface area (Å²) in [5, 5.41) is 5.36. The average molecular weight is 309 g/mol. The second kappa shape index (κ2) is 4.95. The number of rotatable bonds is 2. The van der Waals surface area contributed by atoms with Gasteiger partial charge in [-0.15, -0.1) is 11.3 Å². The molecule has 4 rings (SSSR count). The summed E-state index contributed by atoms with van der Waals surface area (Å²) in [5.74, 6) is 0. The van der Waals surface area contributed by atoms with Crippen molar-refractivity contribution in [2.24, 2.45) is 0 Å². The van der Waals surface area contributed by atoms with E-state index in [-0.39, 0.29) is 0 Å². The van der Waals surface area contributed by atoms with Crippen LogP contribution in [0.4, 0.5) is 0 Å². The molecule has 0 saturated carbocycles. The summed E-state index contributed by atoms with van der Waals surface area (Å²) in [6, 6.07) is 18.2. The van der Waals surface area contributed by atoms with Crippen molar-refractivity contribution >= 4 is 29.2 Å². The van der Waals surface area contributed by atoms with Gasteiger partial charge in [0.2, 0.25) is 0 Å². The van der Waals surface area contributed by atoms with E-state index in [1.165, 1.54) is 4.88 Å². The third-order valence-corrected chi connectivity index (χ3v) is 4.51. The Bertz CT molecular complexity index is 950. The van der Waals surface area contributed by atoms with E-state index >= 15 is 0 Å². The molecular weight excluding hydrogens is 298 g/mol. The van der Waals surface area contributed by atoms with Crippen LogP contribution in [0, 0.1) is 4.64 Å². The molecule has 3 heterocycles. The van der Waals surface area contributed by atoms with Crippen molar-refractivity contribution < 1.29 is 0 Å². The molecule has 0 fully saturated rings. The first-order valence-electron chi connectivity index (χ1n) is 6.53. The Morgan fingerprint density at radius 2 is 1.90 bits per heavy atom. The summed E-state index contributed by atoms with van der Waals surface area (Å²) >= 11 is 7.17. The Balaban J connectivity index is 1.92. The molecule has 1 N–H and O–H groups in total. The Morgan fingerprint density at radius 3 is 2.67 bits per heavy atom. The van der Waals surface area contributed by atoms with E-state index < -0.39 is 0 Å². The summed E-state index contributed by atoms with van der Waals surface area (Å²) in [6.07, 6.45) is 0. The van der Waals surface area contributed by atoms with E-state index in [2.05, 4.69) is 16.5 Å². The van der Waals surface area contributed by atoms with Gasteiger partial charge < -0.3 is 0 Å². The standard InChI is InChI=1S/C16H11N3S2/c20-16-10-12(11-5-2-1-3-6-11)17-15-9-13(18-19(15)16)14-7-4-8-21-14/h1-10,18H. The van der Waals surface area contributed by atoms with E-state index in [1.807, 2.05) is 53.0 Å². The molecule has 0 atom stereocenters. The highest BCUT2D eigenvalue weighted by molar-refractivity contribution is 7.71. The first-order chi connectivity index (χ1) is 10.3. The lowest BCUT2D eigenvalue weighted by Gasteiger charge is -2.01. The summed E-state index contributed by atoms with van der Waals surface area (Å²) in [4.78, 5) is 5.88. The molecule has 3 nitrogen and oxygen atoms in total. The Labute approximate surface area is 130 Å². The zero-order chi connectivity index (χ0) is 14.2. The summed E-state index contributed by atoms with van der Waals surface area (Å²) in [6.45, 7) is 0. The monoisotopic (exact) mass is 309 g/mol. The smallest absolute Gasteiger partial charge is 0.155 e. The third kappa shape index (κ3) is 2.20. The predicted molar refractivity (Wildman–Crippen MR) is 89.1 cm³/mol. The molecular formula is C16H11N3S2. The lowest BCUT2D eigenvalue weighted by Crippen LogP contribution is -1.94. The van der Waals surface area contributed by atoms with Gasteiger partial charge in [0.1, 0.15) is 4.64 Å². The van der Waals surface area contributed by atoms with Gasteiger partial charge >= 0.3 is 0 Å². The summed E-state index contributed by atoms with van der Waals surface area (Å²) in [7, 11) is 0. The van der Waals surface area contributed by atoms with E-state index in [0.717, 1.165) is 27.2 Å². The van der Waals surface area contributed by atoms with Crippen molar-refractivity contribution in [2.45, 2.75) is 0 Å². The van der Waals surface area contributed by atoms with E-state index in [0.29, 0.717) is 0 Å². The van der Waals surface area contributed by atoms with Gasteiger partial charge in [0, 0.05) is 17.7 Å². The molecule has 0 bridgehead atoms. The minimum atomic E-state index is 0.724. The zero-order valence-corrected chi connectivity index (χ0v) is 12.6. The number of aromatic amines is 1. The maximum absolute atomic E-state index is 5.48. The fraction of sp³-hybridized carbons (Fsp3) is 0. The van der Waals surface area contributed by atoms with Gasteiger partial charge in [-0.2, -0.15) is 0 Å². The quantitative estimate of drug-likeness (QED) is 0.540. The number of benzene rings is 1. The Hall–Kier alpha value is -2.24. The summed E-state index contributed by atoms with van der Waals surface area (Å²) in [5.41, 5.74) is 3.85. The van der Waals surface area contributed by atoms with Gasteiger partial charge in [-0.1, -0.05) is 48.6 Å². The fourth-order valence-electron chi connectivity index (χ4n) is 2.31. The molecule has 3 aromatic heterocycles. The summed E-state index contributed by atoms with van der Waals surface area (Å²) < 4.78 is 2.57. The normalized spacial score (nSPS) is 11.0. The highest BCUT2D eigenvalue weighted by Gasteiger charge is 2.08. The van der Waals surface area contributed by atoms with Gasteiger partial charge in [-0.3, -0.25) is 5.10 Å². The van der Waals surface area contributed by atoms with Crippen LogP contribution in [0.5, 0.6) is 0 Å². The molecule has 1 aromatic carbocycles. The Morgan fingerprint density at radius 1 is 1.05 bits per heavy atom. The minimum Gasteiger partial charge on any atom is -0.290 e. The number of hydrogen-bond donors (Lipinski definition) is 1. The van der Waals surface area contributed by atoms with E-state index in [4.69, 9.17) is 17.2 Å². The van der Waals surface area contributed by atoms with Gasteiger partial charge in [0.25, 0.3) is 0 Å². The number of fused-ring (bicyclic) bond motifs is 1. The fourth-order valence-corrected chi connectivity index (χ4v) is 3.25. The number of thiophene rings is 1. The predicted octanol–water partition coefficient (Wildman–Crippen LogP) is 4.79. The van der Waals surface area contributed by atoms with Crippen LogP contribution in [0.25, 0.3) is 27.5 Å². The number of nitrogens with zero attached hydrogens (tertiary/aromatic N) is 2. The number of hydrogen-bond acceptors (Lipinski definition) is 3. The van der Waals surface area contributed by atoms with Gasteiger partial charge in [0.05, 0.1) is 16.3 Å². The van der Waals surface area contributed by atoms with Crippen molar-refractivity contribution in [3.8, 4) is 21.8 Å². The lowest BCUT2D eigenvalue weighted by molar-refractivity contribution is 0.931. The maximum atomic E-state index is 5.48.